The van der Waals surface area contributed by atoms with Crippen LogP contribution in [0.5, 0.6) is 0 Å². The van der Waals surface area contributed by atoms with Gasteiger partial charge in [-0.05, 0) is 34.7 Å². The van der Waals surface area contributed by atoms with Crippen LogP contribution in [-0.4, -0.2) is 41.8 Å². The minimum atomic E-state index is -1.00. The smallest absolute Gasteiger partial charge is 0.326 e. The lowest BCUT2D eigenvalue weighted by Crippen LogP contribution is -2.36. The monoisotopic (exact) mass is 392 g/mol. The van der Waals surface area contributed by atoms with Gasteiger partial charge in [-0.2, -0.15) is 0 Å². The van der Waals surface area contributed by atoms with E-state index in [1.807, 2.05) is 22.6 Å². The number of nitro groups is 1. The number of nitrogens with zero attached hydrogens (tertiary/aromatic N) is 2. The van der Waals surface area contributed by atoms with Crippen LogP contribution in [0.4, 0.5) is 11.4 Å². The molecule has 1 aromatic rings. The summed E-state index contributed by atoms with van der Waals surface area (Å²) < 4.78 is 5.92. The predicted octanol–water partition coefficient (Wildman–Crippen LogP) is 1.88. The van der Waals surface area contributed by atoms with Gasteiger partial charge in [-0.3, -0.25) is 10.1 Å². The fraction of sp³-hybridized carbons (Fsp3) is 0.417. The Bertz CT molecular complexity index is 551. The minimum absolute atomic E-state index is 0.0834. The summed E-state index contributed by atoms with van der Waals surface area (Å²) in [7, 11) is 1.51. The zero-order chi connectivity index (χ0) is 14.9. The maximum atomic E-state index is 11.3. The molecule has 0 aromatic heterocycles. The van der Waals surface area contributed by atoms with Crippen LogP contribution in [0, 0.1) is 13.7 Å². The van der Waals surface area contributed by atoms with E-state index in [2.05, 4.69) is 0 Å². The molecule has 0 saturated carbocycles. The Morgan fingerprint density at radius 2 is 2.30 bits per heavy atom. The van der Waals surface area contributed by atoms with Gasteiger partial charge in [0.2, 0.25) is 0 Å². The third kappa shape index (κ3) is 2.85. The van der Waals surface area contributed by atoms with E-state index in [0.717, 1.165) is 3.57 Å². The van der Waals surface area contributed by atoms with Gasteiger partial charge in [-0.15, -0.1) is 0 Å². The third-order valence-corrected chi connectivity index (χ3v) is 4.00. The van der Waals surface area contributed by atoms with E-state index in [0.29, 0.717) is 18.7 Å². The standard InChI is InChI=1S/C12H13IN2O5/c1-20-8-5-11(12(16)17)14(6-8)9-3-2-7(13)4-10(9)15(18)19/h2-4,8,11H,5-6H2,1H3,(H,16,17). The Balaban J connectivity index is 2.43. The van der Waals surface area contributed by atoms with Crippen molar-refractivity contribution in [1.29, 1.82) is 0 Å². The molecule has 1 fully saturated rings. The molecule has 8 heteroatoms. The summed E-state index contributed by atoms with van der Waals surface area (Å²) in [6.07, 6.45) is 0.0737. The topological polar surface area (TPSA) is 92.9 Å². The molecular formula is C12H13IN2O5. The molecule has 7 nitrogen and oxygen atoms in total. The van der Waals surface area contributed by atoms with Crippen LogP contribution in [0.3, 0.4) is 0 Å². The largest absolute Gasteiger partial charge is 0.480 e. The fourth-order valence-electron chi connectivity index (χ4n) is 2.35. The van der Waals surface area contributed by atoms with Crippen molar-refractivity contribution in [3.63, 3.8) is 0 Å². The fourth-order valence-corrected chi connectivity index (χ4v) is 2.83. The second kappa shape index (κ2) is 5.92. The molecule has 1 saturated heterocycles. The van der Waals surface area contributed by atoms with Crippen LogP contribution in [-0.2, 0) is 9.53 Å². The maximum absolute atomic E-state index is 11.3. The lowest BCUT2D eigenvalue weighted by atomic mass is 10.2. The van der Waals surface area contributed by atoms with Crippen LogP contribution < -0.4 is 4.90 Å². The number of aliphatic carboxylic acids is 1. The van der Waals surface area contributed by atoms with E-state index < -0.39 is 16.9 Å². The first-order valence-corrected chi connectivity index (χ1v) is 6.98. The summed E-state index contributed by atoms with van der Waals surface area (Å²) in [5, 5.41) is 20.4. The van der Waals surface area contributed by atoms with E-state index in [1.165, 1.54) is 18.1 Å². The zero-order valence-corrected chi connectivity index (χ0v) is 12.8. The van der Waals surface area contributed by atoms with Crippen molar-refractivity contribution in [2.75, 3.05) is 18.6 Å². The molecule has 1 aliphatic heterocycles. The predicted molar refractivity (Wildman–Crippen MR) is 80.0 cm³/mol. The lowest BCUT2D eigenvalue weighted by molar-refractivity contribution is -0.384. The first-order chi connectivity index (χ1) is 9.43. The highest BCUT2D eigenvalue weighted by molar-refractivity contribution is 14.1. The van der Waals surface area contributed by atoms with Crippen molar-refractivity contribution in [2.45, 2.75) is 18.6 Å². The number of nitro benzene ring substituents is 1. The summed E-state index contributed by atoms with van der Waals surface area (Å²) in [6, 6.07) is 3.95. The highest BCUT2D eigenvalue weighted by Crippen LogP contribution is 2.35. The van der Waals surface area contributed by atoms with Gasteiger partial charge in [-0.1, -0.05) is 0 Å². The molecule has 108 valence electrons. The summed E-state index contributed by atoms with van der Waals surface area (Å²) >= 11 is 1.98. The van der Waals surface area contributed by atoms with E-state index in [1.54, 1.807) is 12.1 Å². The first-order valence-electron chi connectivity index (χ1n) is 5.90. The van der Waals surface area contributed by atoms with Gasteiger partial charge in [0.25, 0.3) is 5.69 Å². The number of carbonyl (C=O) groups is 1. The van der Waals surface area contributed by atoms with Crippen molar-refractivity contribution >= 4 is 39.9 Å². The maximum Gasteiger partial charge on any atom is 0.326 e. The Morgan fingerprint density at radius 3 is 2.85 bits per heavy atom. The van der Waals surface area contributed by atoms with Crippen molar-refractivity contribution in [3.8, 4) is 0 Å². The normalized spacial score (nSPS) is 22.0. The summed E-state index contributed by atoms with van der Waals surface area (Å²) in [4.78, 5) is 23.5. The average Bonchev–Trinajstić information content (AvgIpc) is 2.82. The zero-order valence-electron chi connectivity index (χ0n) is 10.7. The average molecular weight is 392 g/mol. The lowest BCUT2D eigenvalue weighted by Gasteiger charge is -2.23. The number of rotatable bonds is 4. The van der Waals surface area contributed by atoms with Gasteiger partial charge >= 0.3 is 5.97 Å². The quantitative estimate of drug-likeness (QED) is 0.478. The van der Waals surface area contributed by atoms with Crippen LogP contribution in [0.1, 0.15) is 6.42 Å². The van der Waals surface area contributed by atoms with Gasteiger partial charge < -0.3 is 14.7 Å². The molecule has 0 spiro atoms. The van der Waals surface area contributed by atoms with Crippen molar-refractivity contribution in [1.82, 2.24) is 0 Å². The highest BCUT2D eigenvalue weighted by atomic mass is 127. The second-order valence-electron chi connectivity index (χ2n) is 4.49. The minimum Gasteiger partial charge on any atom is -0.480 e. The van der Waals surface area contributed by atoms with E-state index in [9.17, 15) is 20.0 Å². The van der Waals surface area contributed by atoms with Gasteiger partial charge in [0.15, 0.2) is 0 Å². The van der Waals surface area contributed by atoms with E-state index in [-0.39, 0.29) is 11.8 Å². The van der Waals surface area contributed by atoms with Crippen LogP contribution in [0.15, 0.2) is 18.2 Å². The number of hydrogen-bond donors (Lipinski definition) is 1. The molecule has 2 rings (SSSR count). The molecule has 1 aromatic carbocycles. The van der Waals surface area contributed by atoms with Crippen molar-refractivity contribution < 1.29 is 19.6 Å². The van der Waals surface area contributed by atoms with E-state index >= 15 is 0 Å². The Hall–Kier alpha value is -1.42. The molecule has 1 heterocycles. The summed E-state index contributed by atoms with van der Waals surface area (Å²) in [5.41, 5.74) is 0.238. The van der Waals surface area contributed by atoms with Gasteiger partial charge in [0.05, 0.1) is 11.0 Å². The Morgan fingerprint density at radius 1 is 1.60 bits per heavy atom. The number of carboxylic acids is 1. The number of methoxy groups -OCH3 is 1. The number of carboxylic acid groups (broad SMARTS) is 1. The first kappa shape index (κ1) is 15.0. The summed E-state index contributed by atoms with van der Waals surface area (Å²) in [6.45, 7) is 0.328. The molecule has 0 radical (unpaired) electrons. The number of halogens is 1. The Kier molecular flexibility index (Phi) is 4.43. The second-order valence-corrected chi connectivity index (χ2v) is 5.74. The molecule has 1 N–H and O–H groups in total. The van der Waals surface area contributed by atoms with Gasteiger partial charge in [0, 0.05) is 29.7 Å². The number of ether oxygens (including phenoxy) is 1. The molecule has 0 amide bonds. The Labute approximate surface area is 128 Å². The molecule has 20 heavy (non-hydrogen) atoms. The molecule has 2 atom stereocenters. The van der Waals surface area contributed by atoms with Crippen LogP contribution >= 0.6 is 22.6 Å². The van der Waals surface area contributed by atoms with E-state index in [4.69, 9.17) is 4.74 Å². The van der Waals surface area contributed by atoms with Crippen LogP contribution in [0.2, 0.25) is 0 Å². The SMILES string of the molecule is COC1CC(C(=O)O)N(c2ccc(I)cc2[N+](=O)[O-])C1. The van der Waals surface area contributed by atoms with Crippen molar-refractivity contribution in [3.05, 3.63) is 31.9 Å². The molecule has 0 aliphatic carbocycles. The third-order valence-electron chi connectivity index (χ3n) is 3.32. The number of hydrogen-bond acceptors (Lipinski definition) is 5. The number of anilines is 1. The highest BCUT2D eigenvalue weighted by Gasteiger charge is 2.39. The summed E-state index contributed by atoms with van der Waals surface area (Å²) in [5.74, 6) is -1.00. The number of benzene rings is 1. The van der Waals surface area contributed by atoms with Crippen LogP contribution in [0.25, 0.3) is 0 Å². The molecule has 2 unspecified atom stereocenters. The van der Waals surface area contributed by atoms with Crippen molar-refractivity contribution in [2.24, 2.45) is 0 Å². The molecule has 1 aliphatic rings. The van der Waals surface area contributed by atoms with Gasteiger partial charge in [-0.25, -0.2) is 4.79 Å². The van der Waals surface area contributed by atoms with Gasteiger partial charge in [0.1, 0.15) is 11.7 Å². The molecule has 0 bridgehead atoms. The molecular weight excluding hydrogens is 379 g/mol.